The first-order valence-corrected chi connectivity index (χ1v) is 1.96. The van der Waals surface area contributed by atoms with E-state index in [0.717, 1.165) is 0 Å². The standard InChI is InChI=1S/C3H6N2O4/c4-1(2(6)7)9-3(5)8/h1H,4H2,(H2,5,8)(H,6,7)/p-1. The molecule has 0 radical (unpaired) electrons. The molecule has 0 spiro atoms. The van der Waals surface area contributed by atoms with Gasteiger partial charge in [0.1, 0.15) is 0 Å². The van der Waals surface area contributed by atoms with Crippen LogP contribution in [0.5, 0.6) is 0 Å². The number of hydrogen-bond donors (Lipinski definition) is 2. The second kappa shape index (κ2) is 2.88. The van der Waals surface area contributed by atoms with Gasteiger partial charge in [0.25, 0.3) is 0 Å². The number of carboxylic acids is 1. The van der Waals surface area contributed by atoms with Gasteiger partial charge in [-0.15, -0.1) is 0 Å². The Kier molecular flexibility index (Phi) is 2.46. The summed E-state index contributed by atoms with van der Waals surface area (Å²) in [6, 6.07) is 0. The van der Waals surface area contributed by atoms with Gasteiger partial charge in [-0.1, -0.05) is 0 Å². The molecule has 0 heterocycles. The summed E-state index contributed by atoms with van der Waals surface area (Å²) in [5, 5.41) is 9.67. The molecule has 0 aromatic carbocycles. The number of primary amides is 1. The van der Waals surface area contributed by atoms with Crippen LogP contribution >= 0.6 is 0 Å². The lowest BCUT2D eigenvalue weighted by atomic mass is 10.6. The van der Waals surface area contributed by atoms with E-state index in [0.29, 0.717) is 0 Å². The fraction of sp³-hybridized carbons (Fsp3) is 0.333. The lowest BCUT2D eigenvalue weighted by Crippen LogP contribution is -2.45. The number of carbonyl (C=O) groups excluding carboxylic acids is 2. The molecule has 0 fully saturated rings. The van der Waals surface area contributed by atoms with Crippen LogP contribution in [0.1, 0.15) is 0 Å². The average molecular weight is 133 g/mol. The fourth-order valence-corrected chi connectivity index (χ4v) is 0.173. The first-order chi connectivity index (χ1) is 4.04. The van der Waals surface area contributed by atoms with Crippen molar-refractivity contribution in [2.45, 2.75) is 6.23 Å². The summed E-state index contributed by atoms with van der Waals surface area (Å²) in [4.78, 5) is 19.4. The average Bonchev–Trinajstić information content (AvgIpc) is 1.63. The van der Waals surface area contributed by atoms with Gasteiger partial charge in [-0.05, 0) is 0 Å². The molecular weight excluding hydrogens is 128 g/mol. The van der Waals surface area contributed by atoms with Gasteiger partial charge in [-0.2, -0.15) is 0 Å². The van der Waals surface area contributed by atoms with E-state index in [9.17, 15) is 14.7 Å². The van der Waals surface area contributed by atoms with Crippen molar-refractivity contribution < 1.29 is 19.4 Å². The summed E-state index contributed by atoms with van der Waals surface area (Å²) >= 11 is 0. The summed E-state index contributed by atoms with van der Waals surface area (Å²) in [6.07, 6.45) is -3.02. The number of carboxylic acid groups (broad SMARTS) is 1. The zero-order valence-electron chi connectivity index (χ0n) is 4.37. The van der Waals surface area contributed by atoms with Crippen LogP contribution in [0.2, 0.25) is 0 Å². The van der Waals surface area contributed by atoms with Crippen LogP contribution in [-0.4, -0.2) is 18.3 Å². The smallest absolute Gasteiger partial charge is 0.406 e. The molecule has 6 nitrogen and oxygen atoms in total. The number of amides is 1. The Bertz CT molecular complexity index is 134. The van der Waals surface area contributed by atoms with E-state index in [1.165, 1.54) is 0 Å². The van der Waals surface area contributed by atoms with Gasteiger partial charge in [-0.25, -0.2) is 4.79 Å². The minimum absolute atomic E-state index is 1.24. The largest absolute Gasteiger partial charge is 0.545 e. The van der Waals surface area contributed by atoms with Crippen LogP contribution < -0.4 is 16.6 Å². The van der Waals surface area contributed by atoms with Crippen molar-refractivity contribution in [3.63, 3.8) is 0 Å². The van der Waals surface area contributed by atoms with Gasteiger partial charge in [0.05, 0.1) is 5.97 Å². The Hall–Kier alpha value is -1.30. The number of aliphatic carboxylic acids is 1. The minimum atomic E-state index is -1.78. The first-order valence-electron chi connectivity index (χ1n) is 1.96. The summed E-state index contributed by atoms with van der Waals surface area (Å²) in [5.74, 6) is -1.69. The summed E-state index contributed by atoms with van der Waals surface area (Å²) in [6.45, 7) is 0. The Morgan fingerprint density at radius 1 is 1.56 bits per heavy atom. The quantitative estimate of drug-likeness (QED) is 0.392. The molecule has 1 unspecified atom stereocenters. The molecule has 4 N–H and O–H groups in total. The van der Waals surface area contributed by atoms with Gasteiger partial charge in [0.15, 0.2) is 6.23 Å². The maximum atomic E-state index is 9.74. The Morgan fingerprint density at radius 3 is 2.11 bits per heavy atom. The third-order valence-electron chi connectivity index (χ3n) is 0.475. The van der Waals surface area contributed by atoms with Gasteiger partial charge in [-0.3, -0.25) is 5.73 Å². The summed E-state index contributed by atoms with van der Waals surface area (Å²) < 4.78 is 3.77. The number of nitrogens with two attached hydrogens (primary N) is 2. The monoisotopic (exact) mass is 133 g/mol. The topological polar surface area (TPSA) is 118 Å². The molecule has 6 heteroatoms. The lowest BCUT2D eigenvalue weighted by Gasteiger charge is -2.10. The molecule has 0 rings (SSSR count). The van der Waals surface area contributed by atoms with E-state index in [4.69, 9.17) is 0 Å². The van der Waals surface area contributed by atoms with E-state index in [-0.39, 0.29) is 0 Å². The highest BCUT2D eigenvalue weighted by molar-refractivity contribution is 5.74. The molecule has 1 amide bonds. The third-order valence-corrected chi connectivity index (χ3v) is 0.475. The van der Waals surface area contributed by atoms with Crippen molar-refractivity contribution in [1.82, 2.24) is 0 Å². The van der Waals surface area contributed by atoms with E-state index >= 15 is 0 Å². The van der Waals surface area contributed by atoms with Gasteiger partial charge < -0.3 is 20.4 Å². The predicted octanol–water partition coefficient (Wildman–Crippen LogP) is -2.88. The van der Waals surface area contributed by atoms with Crippen LogP contribution in [0.3, 0.4) is 0 Å². The maximum absolute atomic E-state index is 9.74. The SMILES string of the molecule is NC(=O)OC(N)C(=O)[O-]. The number of ether oxygens (including phenoxy) is 1. The van der Waals surface area contributed by atoms with Crippen LogP contribution in [0.4, 0.5) is 4.79 Å². The second-order valence-electron chi connectivity index (χ2n) is 1.18. The zero-order chi connectivity index (χ0) is 7.44. The first kappa shape index (κ1) is 7.70. The van der Waals surface area contributed by atoms with E-state index in [1.807, 2.05) is 0 Å². The minimum Gasteiger partial charge on any atom is -0.545 e. The fourth-order valence-electron chi connectivity index (χ4n) is 0.173. The van der Waals surface area contributed by atoms with E-state index in [2.05, 4.69) is 16.2 Å². The predicted molar refractivity (Wildman–Crippen MR) is 23.7 cm³/mol. The highest BCUT2D eigenvalue weighted by Gasteiger charge is 2.04. The van der Waals surface area contributed by atoms with Crippen LogP contribution in [0.15, 0.2) is 0 Å². The van der Waals surface area contributed by atoms with Crippen molar-refractivity contribution in [2.24, 2.45) is 11.5 Å². The van der Waals surface area contributed by atoms with Gasteiger partial charge >= 0.3 is 6.09 Å². The molecule has 0 aliphatic rings. The number of hydrogen-bond acceptors (Lipinski definition) is 5. The molecule has 9 heavy (non-hydrogen) atoms. The van der Waals surface area contributed by atoms with E-state index in [1.54, 1.807) is 0 Å². The highest BCUT2D eigenvalue weighted by Crippen LogP contribution is 1.77. The molecule has 0 saturated heterocycles. The summed E-state index contributed by atoms with van der Waals surface area (Å²) in [7, 11) is 0. The van der Waals surface area contributed by atoms with Crippen molar-refractivity contribution >= 4 is 12.1 Å². The molecule has 1 atom stereocenters. The molecule has 0 saturated carbocycles. The van der Waals surface area contributed by atoms with Crippen molar-refractivity contribution in [1.29, 1.82) is 0 Å². The molecule has 0 aromatic heterocycles. The third kappa shape index (κ3) is 3.30. The molecular formula is C3H5N2O4-. The second-order valence-corrected chi connectivity index (χ2v) is 1.18. The Balaban J connectivity index is 3.63. The molecule has 0 aromatic rings. The maximum Gasteiger partial charge on any atom is 0.406 e. The number of carbonyl (C=O) groups is 2. The number of rotatable bonds is 2. The van der Waals surface area contributed by atoms with Crippen LogP contribution in [0.25, 0.3) is 0 Å². The zero-order valence-corrected chi connectivity index (χ0v) is 4.37. The Morgan fingerprint density at radius 2 is 2.00 bits per heavy atom. The van der Waals surface area contributed by atoms with Crippen LogP contribution in [-0.2, 0) is 9.53 Å². The van der Waals surface area contributed by atoms with E-state index < -0.39 is 18.3 Å². The van der Waals surface area contributed by atoms with Gasteiger partial charge in [0.2, 0.25) is 0 Å². The molecule has 0 aliphatic heterocycles. The normalized spacial score (nSPS) is 12.1. The van der Waals surface area contributed by atoms with Crippen molar-refractivity contribution in [2.75, 3.05) is 0 Å². The Labute approximate surface area is 50.4 Å². The van der Waals surface area contributed by atoms with Crippen molar-refractivity contribution in [3.8, 4) is 0 Å². The molecule has 0 aliphatic carbocycles. The molecule has 52 valence electrons. The van der Waals surface area contributed by atoms with Gasteiger partial charge in [0, 0.05) is 0 Å². The lowest BCUT2D eigenvalue weighted by molar-refractivity contribution is -0.314. The molecule has 0 bridgehead atoms. The van der Waals surface area contributed by atoms with Crippen LogP contribution in [0, 0.1) is 0 Å². The highest BCUT2D eigenvalue weighted by atomic mass is 16.6. The summed E-state index contributed by atoms with van der Waals surface area (Å²) in [5.41, 5.74) is 9.03. The van der Waals surface area contributed by atoms with Crippen molar-refractivity contribution in [3.05, 3.63) is 0 Å².